The van der Waals surface area contributed by atoms with Gasteiger partial charge in [0.1, 0.15) is 0 Å². The fourth-order valence-corrected chi connectivity index (χ4v) is 13.4. The molecular formula is C80H69BrN4. The van der Waals surface area contributed by atoms with Crippen LogP contribution in [0, 0.1) is 0 Å². The molecule has 0 atom stereocenters. The molecule has 0 fully saturated rings. The predicted molar refractivity (Wildman–Crippen MR) is 369 cm³/mol. The van der Waals surface area contributed by atoms with Crippen LogP contribution in [0.3, 0.4) is 0 Å². The Morgan fingerprint density at radius 1 is 0.306 bits per heavy atom. The van der Waals surface area contributed by atoms with Gasteiger partial charge in [-0.05, 0) is 166 Å². The molecule has 0 saturated carbocycles. The van der Waals surface area contributed by atoms with Crippen molar-refractivity contribution in [3.8, 4) is 33.6 Å². The van der Waals surface area contributed by atoms with E-state index in [4.69, 9.17) is 0 Å². The van der Waals surface area contributed by atoms with Gasteiger partial charge in [-0.1, -0.05) is 228 Å². The summed E-state index contributed by atoms with van der Waals surface area (Å²) >= 11 is 3.66. The minimum atomic E-state index is -0.144. The van der Waals surface area contributed by atoms with Crippen molar-refractivity contribution in [1.82, 2.24) is 9.13 Å². The van der Waals surface area contributed by atoms with Crippen LogP contribution < -0.4 is 10.2 Å². The van der Waals surface area contributed by atoms with Crippen LogP contribution in [-0.4, -0.2) is 9.13 Å². The van der Waals surface area contributed by atoms with Crippen molar-refractivity contribution in [3.05, 3.63) is 318 Å². The quantitative estimate of drug-likeness (QED) is 0.172. The SMILES string of the molecule is C.C.CC1(C)c2cc(Br)ccc2-c2ccc(-n3c4ccccc4c4ccccc43)cc21.CC1(C)c2cc(N(c3ccccc3)c3ccccc3)ccc2-c2ccc(-n3c4ccccc4c4ccccc43)cc21.c1ccc(Nc2ccccc2)cc1. The van der Waals surface area contributed by atoms with E-state index in [2.05, 4.69) is 293 Å². The van der Waals surface area contributed by atoms with Gasteiger partial charge in [-0.15, -0.1) is 0 Å². The van der Waals surface area contributed by atoms with E-state index in [1.54, 1.807) is 0 Å². The first-order valence-electron chi connectivity index (χ1n) is 28.6. The molecule has 0 aliphatic heterocycles. The standard InChI is InChI=1S/C39H30N2.C27H20BrN.C12H11N.2CH4/c1-39(2)35-25-29(40(27-13-5-3-6-14-27)28-15-7-4-8-16-28)21-23-31(35)32-24-22-30(26-36(32)39)41-37-19-11-9-17-33(37)34-18-10-12-20-38(34)41;1-27(2)23-15-17(28)11-13-19(23)20-14-12-18(16-24(20)27)29-25-9-5-3-7-21(25)22-8-4-6-10-26(22)29;1-3-7-11(8-4-1)13-12-9-5-2-6-10-12;;/h3-26H,1-2H3;3-16H,1-2H3;1-10,13H;2*1H4. The highest BCUT2D eigenvalue weighted by atomic mass is 79.9. The highest BCUT2D eigenvalue weighted by Gasteiger charge is 2.38. The zero-order valence-corrected chi connectivity index (χ0v) is 48.5. The van der Waals surface area contributed by atoms with Gasteiger partial charge in [0.2, 0.25) is 0 Å². The summed E-state index contributed by atoms with van der Waals surface area (Å²) in [5.74, 6) is 0. The lowest BCUT2D eigenvalue weighted by Gasteiger charge is -2.28. The summed E-state index contributed by atoms with van der Waals surface area (Å²) in [6.07, 6.45) is 0. The van der Waals surface area contributed by atoms with E-state index in [9.17, 15) is 0 Å². The predicted octanol–water partition coefficient (Wildman–Crippen LogP) is 23.1. The lowest BCUT2D eigenvalue weighted by Crippen LogP contribution is -2.17. The van der Waals surface area contributed by atoms with E-state index < -0.39 is 0 Å². The summed E-state index contributed by atoms with van der Waals surface area (Å²) in [5, 5.41) is 8.48. The van der Waals surface area contributed by atoms with Gasteiger partial charge in [0, 0.05) is 76.7 Å². The van der Waals surface area contributed by atoms with Gasteiger partial charge in [0.05, 0.1) is 22.1 Å². The normalized spacial score (nSPS) is 12.8. The second-order valence-electron chi connectivity index (χ2n) is 22.7. The largest absolute Gasteiger partial charge is 0.356 e. The maximum atomic E-state index is 3.66. The van der Waals surface area contributed by atoms with E-state index in [0.29, 0.717) is 0 Å². The zero-order valence-electron chi connectivity index (χ0n) is 46.9. The molecule has 1 N–H and O–H groups in total. The first kappa shape index (κ1) is 55.8. The molecule has 0 radical (unpaired) electrons. The summed E-state index contributed by atoms with van der Waals surface area (Å²) in [6.45, 7) is 9.40. The lowest BCUT2D eigenvalue weighted by molar-refractivity contribution is 0.659. The maximum absolute atomic E-state index is 3.66. The molecule has 0 amide bonds. The Morgan fingerprint density at radius 2 is 0.612 bits per heavy atom. The smallest absolute Gasteiger partial charge is 0.0541 e. The van der Waals surface area contributed by atoms with Gasteiger partial charge < -0.3 is 19.4 Å². The van der Waals surface area contributed by atoms with Crippen LogP contribution in [0.4, 0.5) is 28.4 Å². The molecule has 2 aliphatic rings. The van der Waals surface area contributed by atoms with Crippen LogP contribution in [0.1, 0.15) is 64.8 Å². The summed E-state index contributed by atoms with van der Waals surface area (Å²) < 4.78 is 5.96. The molecule has 4 nitrogen and oxygen atoms in total. The summed E-state index contributed by atoms with van der Waals surface area (Å²) in [4.78, 5) is 2.35. The molecule has 2 aromatic heterocycles. The second-order valence-corrected chi connectivity index (χ2v) is 23.6. The zero-order chi connectivity index (χ0) is 56.2. The van der Waals surface area contributed by atoms with Crippen molar-refractivity contribution in [2.75, 3.05) is 10.2 Å². The number of nitrogens with one attached hydrogen (secondary N) is 1. The highest BCUT2D eigenvalue weighted by molar-refractivity contribution is 9.10. The van der Waals surface area contributed by atoms with Gasteiger partial charge in [0.25, 0.3) is 0 Å². The Balaban J connectivity index is 0.000000140. The number of hydrogen-bond acceptors (Lipinski definition) is 2. The van der Waals surface area contributed by atoms with E-state index in [1.165, 1.54) is 105 Å². The van der Waals surface area contributed by atoms with Crippen molar-refractivity contribution in [2.45, 2.75) is 53.4 Å². The number of halogens is 1. The molecule has 0 spiro atoms. The molecule has 14 aromatic rings. The number of rotatable bonds is 7. The molecule has 0 saturated heterocycles. The van der Waals surface area contributed by atoms with Gasteiger partial charge in [-0.2, -0.15) is 0 Å². The number of anilines is 5. The first-order valence-corrected chi connectivity index (χ1v) is 29.4. The fraction of sp³-hybridized carbons (Fsp3) is 0.100. The number of hydrogen-bond donors (Lipinski definition) is 1. The van der Waals surface area contributed by atoms with Crippen LogP contribution in [0.2, 0.25) is 0 Å². The molecular weight excluding hydrogens is 1100 g/mol. The monoisotopic (exact) mass is 1160 g/mol. The Labute approximate surface area is 509 Å². The van der Waals surface area contributed by atoms with Crippen molar-refractivity contribution < 1.29 is 0 Å². The number of para-hydroxylation sites is 8. The molecule has 5 heteroatoms. The molecule has 85 heavy (non-hydrogen) atoms. The topological polar surface area (TPSA) is 25.1 Å². The van der Waals surface area contributed by atoms with Crippen molar-refractivity contribution >= 4 is 88.0 Å². The van der Waals surface area contributed by atoms with Gasteiger partial charge >= 0.3 is 0 Å². The molecule has 2 heterocycles. The second kappa shape index (κ2) is 22.8. The molecule has 12 aromatic carbocycles. The van der Waals surface area contributed by atoms with Crippen LogP contribution in [0.5, 0.6) is 0 Å². The number of benzene rings is 12. The Hall–Kier alpha value is -9.68. The summed E-state index contributed by atoms with van der Waals surface area (Å²) in [7, 11) is 0. The average molecular weight is 1170 g/mol. The third kappa shape index (κ3) is 9.88. The number of nitrogens with zero attached hydrogens (tertiary/aromatic N) is 3. The number of aromatic nitrogens is 2. The van der Waals surface area contributed by atoms with Crippen molar-refractivity contribution in [2.24, 2.45) is 0 Å². The molecule has 0 bridgehead atoms. The van der Waals surface area contributed by atoms with E-state index in [-0.39, 0.29) is 25.7 Å². The Bertz CT molecular complexity index is 4530. The fourth-order valence-electron chi connectivity index (χ4n) is 13.0. The third-order valence-electron chi connectivity index (χ3n) is 17.1. The molecule has 16 rings (SSSR count). The summed E-state index contributed by atoms with van der Waals surface area (Å²) in [5.41, 5.74) is 23.8. The molecule has 416 valence electrons. The van der Waals surface area contributed by atoms with Gasteiger partial charge in [0.15, 0.2) is 0 Å². The van der Waals surface area contributed by atoms with Crippen LogP contribution >= 0.6 is 15.9 Å². The Morgan fingerprint density at radius 3 is 1.00 bits per heavy atom. The van der Waals surface area contributed by atoms with E-state index in [0.717, 1.165) is 27.2 Å². The molecule has 2 aliphatic carbocycles. The third-order valence-corrected chi connectivity index (χ3v) is 17.6. The van der Waals surface area contributed by atoms with Crippen molar-refractivity contribution in [1.29, 1.82) is 0 Å². The molecule has 0 unspecified atom stereocenters. The average Bonchev–Trinajstić information content (AvgIpc) is 2.96. The Kier molecular flexibility index (Phi) is 15.0. The first-order chi connectivity index (χ1) is 40.6. The van der Waals surface area contributed by atoms with Crippen LogP contribution in [-0.2, 0) is 10.8 Å². The number of fused-ring (bicyclic) bond motifs is 12. The van der Waals surface area contributed by atoms with Gasteiger partial charge in [-0.25, -0.2) is 0 Å². The van der Waals surface area contributed by atoms with Crippen LogP contribution in [0.25, 0.3) is 77.2 Å². The minimum Gasteiger partial charge on any atom is -0.356 e. The minimum absolute atomic E-state index is 0. The van der Waals surface area contributed by atoms with Crippen molar-refractivity contribution in [3.63, 3.8) is 0 Å². The van der Waals surface area contributed by atoms with E-state index >= 15 is 0 Å². The maximum Gasteiger partial charge on any atom is 0.0541 e. The lowest BCUT2D eigenvalue weighted by atomic mass is 9.82. The van der Waals surface area contributed by atoms with E-state index in [1.807, 2.05) is 60.7 Å². The highest BCUT2D eigenvalue weighted by Crippen LogP contribution is 2.53. The van der Waals surface area contributed by atoms with Crippen LogP contribution in [0.15, 0.2) is 296 Å². The summed E-state index contributed by atoms with van der Waals surface area (Å²) in [6, 6.07) is 104. The van der Waals surface area contributed by atoms with Gasteiger partial charge in [-0.3, -0.25) is 0 Å².